The molecule has 5 rings (SSSR count). The summed E-state index contributed by atoms with van der Waals surface area (Å²) < 4.78 is 24.3. The van der Waals surface area contributed by atoms with E-state index in [9.17, 15) is 0 Å². The van der Waals surface area contributed by atoms with Crippen LogP contribution in [-0.2, 0) is 7.05 Å². The van der Waals surface area contributed by atoms with Crippen molar-refractivity contribution < 1.29 is 41.0 Å². The van der Waals surface area contributed by atoms with Gasteiger partial charge in [-0.15, -0.1) is 0 Å². The third kappa shape index (κ3) is 3.14. The normalized spacial score (nSPS) is 11.8. The first-order valence-electron chi connectivity index (χ1n) is 8.85. The standard InChI is InChI=1S/C21H18NO4.CH4O.ClH/c1-22-10-16-13(6-7-17(23-2)21(16)24-3)14-5-4-12-8-18-19(26-11-25-18)9-15(12)20(14)22;1-2;/h4-10H,11H2,1-3H3;2H,1H3;1H/q+1;;/p-1. The maximum absolute atomic E-state index is 7.00. The van der Waals surface area contributed by atoms with Gasteiger partial charge in [0.2, 0.25) is 12.3 Å². The summed E-state index contributed by atoms with van der Waals surface area (Å²) >= 11 is 0. The molecule has 0 saturated heterocycles. The Hall–Kier alpha value is -2.96. The van der Waals surface area contributed by atoms with Gasteiger partial charge in [-0.2, -0.15) is 4.57 Å². The van der Waals surface area contributed by atoms with Crippen LogP contribution in [0.15, 0.2) is 42.6 Å². The van der Waals surface area contributed by atoms with Gasteiger partial charge in [0.15, 0.2) is 29.2 Å². The number of benzene rings is 3. The molecule has 0 amide bonds. The molecule has 0 fully saturated rings. The van der Waals surface area contributed by atoms with Crippen LogP contribution < -0.4 is 35.9 Å². The van der Waals surface area contributed by atoms with E-state index in [1.165, 1.54) is 0 Å². The number of aryl methyl sites for hydroxylation is 1. The molecule has 3 aromatic carbocycles. The van der Waals surface area contributed by atoms with Crippen LogP contribution in [0.1, 0.15) is 0 Å². The Bertz CT molecular complexity index is 1210. The van der Waals surface area contributed by atoms with E-state index in [1.807, 2.05) is 19.2 Å². The Morgan fingerprint density at radius 3 is 2.24 bits per heavy atom. The van der Waals surface area contributed by atoms with Crippen LogP contribution in [0.2, 0.25) is 0 Å². The van der Waals surface area contributed by atoms with Gasteiger partial charge in [0.05, 0.1) is 30.4 Å². The fourth-order valence-corrected chi connectivity index (χ4v) is 3.87. The molecule has 0 saturated carbocycles. The zero-order valence-electron chi connectivity index (χ0n) is 16.7. The molecule has 0 radical (unpaired) electrons. The van der Waals surface area contributed by atoms with Crippen LogP contribution in [-0.4, -0.2) is 33.2 Å². The number of methoxy groups -OCH3 is 2. The number of hydrogen-bond donors (Lipinski definition) is 1. The molecule has 0 atom stereocenters. The number of fused-ring (bicyclic) bond motifs is 6. The molecule has 0 spiro atoms. The van der Waals surface area contributed by atoms with Gasteiger partial charge >= 0.3 is 0 Å². The largest absolute Gasteiger partial charge is 1.00 e. The average molecular weight is 416 g/mol. The van der Waals surface area contributed by atoms with Crippen molar-refractivity contribution in [1.29, 1.82) is 0 Å². The molecule has 2 heterocycles. The second-order valence-electron chi connectivity index (χ2n) is 6.39. The highest BCUT2D eigenvalue weighted by molar-refractivity contribution is 6.15. The summed E-state index contributed by atoms with van der Waals surface area (Å²) in [4.78, 5) is 0. The first kappa shape index (κ1) is 20.8. The van der Waals surface area contributed by atoms with E-state index in [4.69, 9.17) is 24.1 Å². The van der Waals surface area contributed by atoms with Crippen LogP contribution in [0.3, 0.4) is 0 Å². The van der Waals surface area contributed by atoms with Crippen LogP contribution in [0, 0.1) is 0 Å². The van der Waals surface area contributed by atoms with Gasteiger partial charge in [-0.05, 0) is 35.7 Å². The summed E-state index contributed by atoms with van der Waals surface area (Å²) in [5.41, 5.74) is 1.14. The molecule has 6 nitrogen and oxygen atoms in total. The lowest BCUT2D eigenvalue weighted by Gasteiger charge is -2.12. The lowest BCUT2D eigenvalue weighted by atomic mass is 10.00. The summed E-state index contributed by atoms with van der Waals surface area (Å²) in [6.45, 7) is 0.273. The summed E-state index contributed by atoms with van der Waals surface area (Å²) in [5, 5.41) is 12.5. The highest BCUT2D eigenvalue weighted by atomic mass is 35.5. The van der Waals surface area contributed by atoms with Crippen molar-refractivity contribution in [3.8, 4) is 23.0 Å². The minimum atomic E-state index is 0. The Kier molecular flexibility index (Phi) is 5.86. The third-order valence-corrected chi connectivity index (χ3v) is 5.03. The van der Waals surface area contributed by atoms with E-state index >= 15 is 0 Å². The van der Waals surface area contributed by atoms with Gasteiger partial charge in [-0.3, -0.25) is 0 Å². The molecule has 7 heteroatoms. The van der Waals surface area contributed by atoms with Crippen molar-refractivity contribution in [2.24, 2.45) is 7.05 Å². The second-order valence-corrected chi connectivity index (χ2v) is 6.39. The molecular weight excluding hydrogens is 394 g/mol. The molecule has 1 aromatic heterocycles. The highest BCUT2D eigenvalue weighted by Crippen LogP contribution is 2.41. The number of aliphatic hydroxyl groups excluding tert-OH is 1. The molecule has 1 aliphatic rings. The zero-order valence-corrected chi connectivity index (χ0v) is 17.4. The summed E-state index contributed by atoms with van der Waals surface area (Å²) in [7, 11) is 6.37. The van der Waals surface area contributed by atoms with Crippen molar-refractivity contribution in [1.82, 2.24) is 0 Å². The predicted octanol–water partition coefficient (Wildman–Crippen LogP) is 0.329. The van der Waals surface area contributed by atoms with Crippen LogP contribution in [0.4, 0.5) is 0 Å². The Labute approximate surface area is 174 Å². The second kappa shape index (κ2) is 8.19. The fraction of sp³-hybridized carbons (Fsp3) is 0.227. The molecule has 1 aliphatic heterocycles. The van der Waals surface area contributed by atoms with Gasteiger partial charge in [-0.1, -0.05) is 6.07 Å². The Balaban J connectivity index is 0.000000778. The molecule has 4 aromatic rings. The highest BCUT2D eigenvalue weighted by Gasteiger charge is 2.21. The molecule has 29 heavy (non-hydrogen) atoms. The summed E-state index contributed by atoms with van der Waals surface area (Å²) in [5.74, 6) is 3.06. The van der Waals surface area contributed by atoms with Crippen molar-refractivity contribution in [2.75, 3.05) is 28.1 Å². The predicted molar refractivity (Wildman–Crippen MR) is 108 cm³/mol. The van der Waals surface area contributed by atoms with Crippen molar-refractivity contribution in [3.05, 3.63) is 42.6 Å². The van der Waals surface area contributed by atoms with Crippen LogP contribution in [0.25, 0.3) is 32.4 Å². The maximum atomic E-state index is 7.00. The van der Waals surface area contributed by atoms with Gasteiger partial charge in [-0.25, -0.2) is 0 Å². The number of nitrogens with zero attached hydrogens (tertiary/aromatic N) is 1. The lowest BCUT2D eigenvalue weighted by Crippen LogP contribution is -3.00. The SMILES string of the molecule is CO.COc1ccc2c(c[n+](C)c3c4cc5c(cc4ccc23)OCO5)c1OC.[Cl-]. The van der Waals surface area contributed by atoms with E-state index in [1.54, 1.807) is 14.2 Å². The number of pyridine rings is 1. The zero-order chi connectivity index (χ0) is 19.8. The van der Waals surface area contributed by atoms with Crippen LogP contribution in [0.5, 0.6) is 23.0 Å². The van der Waals surface area contributed by atoms with E-state index in [-0.39, 0.29) is 19.2 Å². The number of ether oxygens (including phenoxy) is 4. The quantitative estimate of drug-likeness (QED) is 0.377. The lowest BCUT2D eigenvalue weighted by molar-refractivity contribution is -0.642. The monoisotopic (exact) mass is 415 g/mol. The van der Waals surface area contributed by atoms with Crippen molar-refractivity contribution in [2.45, 2.75) is 0 Å². The van der Waals surface area contributed by atoms with E-state index in [2.05, 4.69) is 35.0 Å². The summed E-state index contributed by atoms with van der Waals surface area (Å²) in [6, 6.07) is 12.4. The molecule has 152 valence electrons. The smallest absolute Gasteiger partial charge is 0.231 e. The maximum Gasteiger partial charge on any atom is 0.231 e. The Morgan fingerprint density at radius 2 is 1.55 bits per heavy atom. The fourth-order valence-electron chi connectivity index (χ4n) is 3.87. The van der Waals surface area contributed by atoms with Crippen LogP contribution >= 0.6 is 0 Å². The van der Waals surface area contributed by atoms with E-state index in [0.29, 0.717) is 0 Å². The van der Waals surface area contributed by atoms with Crippen molar-refractivity contribution >= 4 is 32.4 Å². The van der Waals surface area contributed by atoms with Crippen molar-refractivity contribution in [3.63, 3.8) is 0 Å². The minimum Gasteiger partial charge on any atom is -1.00 e. The topological polar surface area (TPSA) is 61.0 Å². The molecule has 1 N–H and O–H groups in total. The minimum absolute atomic E-state index is 0. The molecule has 0 unspecified atom stereocenters. The molecular formula is C22H22ClNO5. The number of aromatic nitrogens is 1. The average Bonchev–Trinajstić information content (AvgIpc) is 3.19. The molecule has 0 aliphatic carbocycles. The van der Waals surface area contributed by atoms with Gasteiger partial charge in [0, 0.05) is 12.5 Å². The van der Waals surface area contributed by atoms with Gasteiger partial charge in [0.25, 0.3) is 0 Å². The number of hydrogen-bond acceptors (Lipinski definition) is 5. The summed E-state index contributed by atoms with van der Waals surface area (Å²) in [6.07, 6.45) is 2.09. The first-order valence-corrected chi connectivity index (χ1v) is 8.85. The number of halogens is 1. The Morgan fingerprint density at radius 1 is 0.862 bits per heavy atom. The van der Waals surface area contributed by atoms with E-state index < -0.39 is 0 Å². The first-order chi connectivity index (χ1) is 13.7. The van der Waals surface area contributed by atoms with Gasteiger partial charge in [0.1, 0.15) is 7.05 Å². The van der Waals surface area contributed by atoms with Gasteiger partial charge < -0.3 is 36.5 Å². The van der Waals surface area contributed by atoms with E-state index in [0.717, 1.165) is 62.6 Å². The molecule has 0 bridgehead atoms. The number of aliphatic hydroxyl groups is 1. The number of rotatable bonds is 2. The third-order valence-electron chi connectivity index (χ3n) is 5.03.